The van der Waals surface area contributed by atoms with E-state index in [4.69, 9.17) is 5.73 Å². The molecule has 1 aliphatic carbocycles. The Bertz CT molecular complexity index is 361. The summed E-state index contributed by atoms with van der Waals surface area (Å²) in [5.74, 6) is -0.121. The molecule has 2 unspecified atom stereocenters. The van der Waals surface area contributed by atoms with E-state index in [9.17, 15) is 4.79 Å². The van der Waals surface area contributed by atoms with Gasteiger partial charge in [0.05, 0.1) is 6.20 Å². The zero-order chi connectivity index (χ0) is 9.97. The van der Waals surface area contributed by atoms with Crippen LogP contribution in [0.3, 0.4) is 0 Å². The zero-order valence-electron chi connectivity index (χ0n) is 7.63. The van der Waals surface area contributed by atoms with Crippen LogP contribution in [0, 0.1) is 5.92 Å². The maximum Gasteiger partial charge on any atom is 0.189 e. The van der Waals surface area contributed by atoms with Crippen LogP contribution in [0.4, 0.5) is 0 Å². The number of carbonyl (C=O) groups excluding carboxylic acids is 1. The van der Waals surface area contributed by atoms with E-state index in [1.165, 1.54) is 12.4 Å². The molecular weight excluding hydrogens is 178 g/mol. The average molecular weight is 189 g/mol. The van der Waals surface area contributed by atoms with Crippen LogP contribution in [-0.2, 0) is 0 Å². The molecule has 4 heteroatoms. The van der Waals surface area contributed by atoms with E-state index in [1.54, 1.807) is 6.20 Å². The first-order valence-corrected chi connectivity index (χ1v) is 4.51. The quantitative estimate of drug-likeness (QED) is 0.545. The maximum absolute atomic E-state index is 11.8. The third-order valence-corrected chi connectivity index (χ3v) is 2.27. The largest absolute Gasteiger partial charge is 0.324 e. The second kappa shape index (κ2) is 3.67. The number of Topliss-reactive ketones (excluding diaryl/α,β-unsaturated/α-hetero) is 1. The summed E-state index contributed by atoms with van der Waals surface area (Å²) < 4.78 is 0. The van der Waals surface area contributed by atoms with Gasteiger partial charge in [-0.1, -0.05) is 12.2 Å². The normalized spacial score (nSPS) is 25.2. The van der Waals surface area contributed by atoms with E-state index in [0.717, 1.165) is 0 Å². The number of carbonyl (C=O) groups is 1. The molecule has 2 rings (SSSR count). The SMILES string of the molecule is NC1C=CC(C(=O)c2cnccn2)C1. The van der Waals surface area contributed by atoms with Crippen molar-refractivity contribution in [3.05, 3.63) is 36.4 Å². The number of hydrogen-bond donors (Lipinski definition) is 1. The second-order valence-electron chi connectivity index (χ2n) is 3.35. The Morgan fingerprint density at radius 1 is 1.43 bits per heavy atom. The molecule has 0 aliphatic heterocycles. The van der Waals surface area contributed by atoms with Gasteiger partial charge >= 0.3 is 0 Å². The van der Waals surface area contributed by atoms with Gasteiger partial charge in [-0.3, -0.25) is 9.78 Å². The van der Waals surface area contributed by atoms with Gasteiger partial charge in [0.2, 0.25) is 0 Å². The number of nitrogens with zero attached hydrogens (tertiary/aromatic N) is 2. The smallest absolute Gasteiger partial charge is 0.189 e. The first-order valence-electron chi connectivity index (χ1n) is 4.51. The fourth-order valence-corrected chi connectivity index (χ4v) is 1.54. The van der Waals surface area contributed by atoms with Crippen LogP contribution in [0.25, 0.3) is 0 Å². The molecule has 1 heterocycles. The van der Waals surface area contributed by atoms with Crippen LogP contribution in [0.2, 0.25) is 0 Å². The Morgan fingerprint density at radius 2 is 2.29 bits per heavy atom. The number of allylic oxidation sites excluding steroid dienone is 1. The molecule has 0 saturated carbocycles. The van der Waals surface area contributed by atoms with Crippen LogP contribution in [0.1, 0.15) is 16.9 Å². The Hall–Kier alpha value is -1.55. The molecule has 14 heavy (non-hydrogen) atoms. The summed E-state index contributed by atoms with van der Waals surface area (Å²) >= 11 is 0. The standard InChI is InChI=1S/C10H11N3O/c11-8-2-1-7(5-8)10(14)9-6-12-3-4-13-9/h1-4,6-8H,5,11H2. The Morgan fingerprint density at radius 3 is 2.86 bits per heavy atom. The molecule has 4 nitrogen and oxygen atoms in total. The van der Waals surface area contributed by atoms with E-state index in [2.05, 4.69) is 9.97 Å². The molecule has 1 aliphatic rings. The van der Waals surface area contributed by atoms with Gasteiger partial charge in [0, 0.05) is 24.4 Å². The van der Waals surface area contributed by atoms with Crippen molar-refractivity contribution in [3.63, 3.8) is 0 Å². The summed E-state index contributed by atoms with van der Waals surface area (Å²) in [6.07, 6.45) is 8.94. The van der Waals surface area contributed by atoms with E-state index in [1.807, 2.05) is 12.2 Å². The molecule has 1 aromatic heterocycles. The summed E-state index contributed by atoms with van der Waals surface area (Å²) in [5.41, 5.74) is 6.08. The first-order chi connectivity index (χ1) is 6.77. The van der Waals surface area contributed by atoms with Gasteiger partial charge in [-0.25, -0.2) is 4.98 Å². The molecule has 2 N–H and O–H groups in total. The highest BCUT2D eigenvalue weighted by Gasteiger charge is 2.24. The highest BCUT2D eigenvalue weighted by atomic mass is 16.1. The van der Waals surface area contributed by atoms with E-state index >= 15 is 0 Å². The van der Waals surface area contributed by atoms with Gasteiger partial charge in [-0.2, -0.15) is 0 Å². The van der Waals surface area contributed by atoms with Crippen molar-refractivity contribution in [2.75, 3.05) is 0 Å². The van der Waals surface area contributed by atoms with Crippen molar-refractivity contribution < 1.29 is 4.79 Å². The minimum Gasteiger partial charge on any atom is -0.324 e. The molecule has 0 fully saturated rings. The molecule has 0 bridgehead atoms. The summed E-state index contributed by atoms with van der Waals surface area (Å²) in [4.78, 5) is 19.6. The van der Waals surface area contributed by atoms with Gasteiger partial charge in [-0.15, -0.1) is 0 Å². The lowest BCUT2D eigenvalue weighted by atomic mass is 10.0. The molecule has 0 spiro atoms. The molecule has 1 aromatic rings. The second-order valence-corrected chi connectivity index (χ2v) is 3.35. The van der Waals surface area contributed by atoms with Crippen molar-refractivity contribution >= 4 is 5.78 Å². The van der Waals surface area contributed by atoms with Crippen molar-refractivity contribution in [2.24, 2.45) is 11.7 Å². The molecule has 2 atom stereocenters. The van der Waals surface area contributed by atoms with Crippen LogP contribution in [0.15, 0.2) is 30.7 Å². The zero-order valence-corrected chi connectivity index (χ0v) is 7.63. The van der Waals surface area contributed by atoms with Crippen LogP contribution >= 0.6 is 0 Å². The minimum absolute atomic E-state index is 0.000575. The number of aromatic nitrogens is 2. The van der Waals surface area contributed by atoms with Gasteiger partial charge in [0.15, 0.2) is 5.78 Å². The fraction of sp³-hybridized carbons (Fsp3) is 0.300. The van der Waals surface area contributed by atoms with Crippen LogP contribution in [0.5, 0.6) is 0 Å². The van der Waals surface area contributed by atoms with Gasteiger partial charge in [0.25, 0.3) is 0 Å². The van der Waals surface area contributed by atoms with E-state index in [0.29, 0.717) is 12.1 Å². The topological polar surface area (TPSA) is 68.9 Å². The van der Waals surface area contributed by atoms with Gasteiger partial charge < -0.3 is 5.73 Å². The Balaban J connectivity index is 2.14. The highest BCUT2D eigenvalue weighted by molar-refractivity contribution is 5.97. The maximum atomic E-state index is 11.8. The molecular formula is C10H11N3O. The van der Waals surface area contributed by atoms with E-state index < -0.39 is 0 Å². The summed E-state index contributed by atoms with van der Waals surface area (Å²) in [7, 11) is 0. The van der Waals surface area contributed by atoms with Crippen molar-refractivity contribution in [2.45, 2.75) is 12.5 Å². The highest BCUT2D eigenvalue weighted by Crippen LogP contribution is 2.19. The third-order valence-electron chi connectivity index (χ3n) is 2.27. The molecule has 72 valence electrons. The lowest BCUT2D eigenvalue weighted by Crippen LogP contribution is -2.19. The monoisotopic (exact) mass is 189 g/mol. The summed E-state index contributed by atoms with van der Waals surface area (Å²) in [6.45, 7) is 0. The summed E-state index contributed by atoms with van der Waals surface area (Å²) in [5, 5.41) is 0. The number of hydrogen-bond acceptors (Lipinski definition) is 4. The lowest BCUT2D eigenvalue weighted by Gasteiger charge is -2.06. The van der Waals surface area contributed by atoms with Gasteiger partial charge in [-0.05, 0) is 6.42 Å². The van der Waals surface area contributed by atoms with E-state index in [-0.39, 0.29) is 17.7 Å². The number of ketones is 1. The van der Waals surface area contributed by atoms with Crippen molar-refractivity contribution in [3.8, 4) is 0 Å². The van der Waals surface area contributed by atoms with Gasteiger partial charge in [0.1, 0.15) is 5.69 Å². The predicted molar refractivity (Wildman–Crippen MR) is 51.6 cm³/mol. The number of rotatable bonds is 2. The first kappa shape index (κ1) is 9.02. The van der Waals surface area contributed by atoms with Crippen LogP contribution in [-0.4, -0.2) is 21.8 Å². The molecule has 0 amide bonds. The average Bonchev–Trinajstić information content (AvgIpc) is 2.65. The molecule has 0 saturated heterocycles. The predicted octanol–water partition coefficient (Wildman–Crippen LogP) is 0.563. The van der Waals surface area contributed by atoms with Crippen molar-refractivity contribution in [1.82, 2.24) is 9.97 Å². The Labute approximate surface area is 81.9 Å². The minimum atomic E-state index is -0.123. The molecule has 0 radical (unpaired) electrons. The number of nitrogens with two attached hydrogens (primary N) is 1. The third kappa shape index (κ3) is 1.70. The van der Waals surface area contributed by atoms with Crippen LogP contribution < -0.4 is 5.73 Å². The Kier molecular flexibility index (Phi) is 2.37. The lowest BCUT2D eigenvalue weighted by molar-refractivity contribution is 0.0937. The summed E-state index contributed by atoms with van der Waals surface area (Å²) in [6, 6.07) is 0.000575. The molecule has 0 aromatic carbocycles. The van der Waals surface area contributed by atoms with Crippen molar-refractivity contribution in [1.29, 1.82) is 0 Å². The fourth-order valence-electron chi connectivity index (χ4n) is 1.54.